The third-order valence-electron chi connectivity index (χ3n) is 2.30. The van der Waals surface area contributed by atoms with Gasteiger partial charge in [0, 0.05) is 17.1 Å². The predicted octanol–water partition coefficient (Wildman–Crippen LogP) is 1.73. The number of primary amides is 1. The number of hydrogen-bond donors (Lipinski definition) is 1. The number of hydrogen-bond acceptors (Lipinski definition) is 3. The van der Waals surface area contributed by atoms with Crippen LogP contribution in [0.4, 0.5) is 0 Å². The minimum Gasteiger partial charge on any atom is -0.492 e. The zero-order chi connectivity index (χ0) is 11.5. The molecule has 4 nitrogen and oxygen atoms in total. The molecule has 0 spiro atoms. The molecule has 2 rings (SSSR count). The number of nitrogens with two attached hydrogens (primary N) is 1. The Morgan fingerprint density at radius 3 is 2.94 bits per heavy atom. The maximum atomic E-state index is 11.2. The normalized spacial score (nSPS) is 10.3. The van der Waals surface area contributed by atoms with Gasteiger partial charge < -0.3 is 10.5 Å². The van der Waals surface area contributed by atoms with Crippen LogP contribution in [0.15, 0.2) is 30.5 Å². The lowest BCUT2D eigenvalue weighted by Gasteiger charge is -2.08. The number of nitrogens with zero attached hydrogens (tertiary/aromatic N) is 1. The summed E-state index contributed by atoms with van der Waals surface area (Å²) in [5.41, 5.74) is 6.43. The average molecular weight is 216 g/mol. The third-order valence-corrected chi connectivity index (χ3v) is 2.30. The summed E-state index contributed by atoms with van der Waals surface area (Å²) in [5, 5.41) is 0.723. The van der Waals surface area contributed by atoms with Gasteiger partial charge in [-0.3, -0.25) is 9.78 Å². The molecule has 1 aromatic carbocycles. The Morgan fingerprint density at radius 2 is 2.25 bits per heavy atom. The highest BCUT2D eigenvalue weighted by atomic mass is 16.5. The first kappa shape index (κ1) is 10.4. The van der Waals surface area contributed by atoms with Crippen LogP contribution in [0.1, 0.15) is 17.3 Å². The molecule has 0 atom stereocenters. The van der Waals surface area contributed by atoms with E-state index in [9.17, 15) is 4.79 Å². The molecule has 2 N–H and O–H groups in total. The number of rotatable bonds is 3. The molecule has 0 bridgehead atoms. The van der Waals surface area contributed by atoms with E-state index >= 15 is 0 Å². The molecule has 4 heteroatoms. The van der Waals surface area contributed by atoms with E-state index in [2.05, 4.69) is 4.98 Å². The van der Waals surface area contributed by atoms with Crippen LogP contribution in [-0.2, 0) is 0 Å². The van der Waals surface area contributed by atoms with Gasteiger partial charge in [0.2, 0.25) is 5.91 Å². The summed E-state index contributed by atoms with van der Waals surface area (Å²) in [6.07, 6.45) is 1.66. The number of carbonyl (C=O) groups excluding carboxylic acids is 1. The average Bonchev–Trinajstić information content (AvgIpc) is 2.29. The first-order valence-electron chi connectivity index (χ1n) is 5.04. The molecule has 82 valence electrons. The second-order valence-electron chi connectivity index (χ2n) is 3.31. The summed E-state index contributed by atoms with van der Waals surface area (Å²) >= 11 is 0. The highest BCUT2D eigenvalue weighted by Gasteiger charge is 2.10. The number of ether oxygens (including phenoxy) is 1. The van der Waals surface area contributed by atoms with Crippen molar-refractivity contribution in [1.29, 1.82) is 0 Å². The fourth-order valence-corrected chi connectivity index (χ4v) is 1.63. The molecule has 1 aromatic heterocycles. The van der Waals surface area contributed by atoms with Gasteiger partial charge >= 0.3 is 0 Å². The molecule has 1 heterocycles. The zero-order valence-corrected chi connectivity index (χ0v) is 8.93. The van der Waals surface area contributed by atoms with Crippen molar-refractivity contribution in [3.05, 3.63) is 36.0 Å². The molecule has 0 radical (unpaired) electrons. The molecular weight excluding hydrogens is 204 g/mol. The second-order valence-corrected chi connectivity index (χ2v) is 3.31. The first-order chi connectivity index (χ1) is 7.74. The Hall–Kier alpha value is -2.10. The minimum atomic E-state index is -0.457. The van der Waals surface area contributed by atoms with Crippen molar-refractivity contribution in [2.24, 2.45) is 5.73 Å². The van der Waals surface area contributed by atoms with Gasteiger partial charge in [-0.15, -0.1) is 0 Å². The first-order valence-corrected chi connectivity index (χ1v) is 5.04. The molecule has 0 saturated heterocycles. The van der Waals surface area contributed by atoms with E-state index in [4.69, 9.17) is 10.5 Å². The molecule has 0 unspecified atom stereocenters. The van der Waals surface area contributed by atoms with Crippen molar-refractivity contribution in [2.75, 3.05) is 6.61 Å². The summed E-state index contributed by atoms with van der Waals surface area (Å²) in [5.74, 6) is 0.212. The van der Waals surface area contributed by atoms with Crippen molar-refractivity contribution >= 4 is 16.8 Å². The summed E-state index contributed by atoms with van der Waals surface area (Å²) in [6, 6.07) is 6.96. The van der Waals surface area contributed by atoms with E-state index in [-0.39, 0.29) is 0 Å². The van der Waals surface area contributed by atoms with Gasteiger partial charge in [0.05, 0.1) is 6.61 Å². The molecule has 0 aliphatic heterocycles. The number of benzene rings is 1. The topological polar surface area (TPSA) is 65.2 Å². The van der Waals surface area contributed by atoms with Gasteiger partial charge in [-0.2, -0.15) is 0 Å². The van der Waals surface area contributed by atoms with Crippen LogP contribution >= 0.6 is 0 Å². The maximum Gasteiger partial charge on any atom is 0.249 e. The standard InChI is InChI=1S/C12H12N2O2/c1-2-16-10-6-5-9(12(13)15)8-4-3-7-14-11(8)10/h3-7H,2H2,1H3,(H2,13,15). The lowest BCUT2D eigenvalue weighted by Crippen LogP contribution is -2.11. The fourth-order valence-electron chi connectivity index (χ4n) is 1.63. The number of fused-ring (bicyclic) bond motifs is 1. The van der Waals surface area contributed by atoms with Crippen LogP contribution in [0, 0.1) is 0 Å². The monoisotopic (exact) mass is 216 g/mol. The van der Waals surface area contributed by atoms with E-state index < -0.39 is 5.91 Å². The van der Waals surface area contributed by atoms with E-state index in [1.165, 1.54) is 0 Å². The van der Waals surface area contributed by atoms with Gasteiger partial charge in [0.15, 0.2) is 0 Å². The highest BCUT2D eigenvalue weighted by molar-refractivity contribution is 6.06. The summed E-state index contributed by atoms with van der Waals surface area (Å²) in [6.45, 7) is 2.46. The molecule has 0 fully saturated rings. The number of carbonyl (C=O) groups is 1. The molecule has 0 aliphatic rings. The van der Waals surface area contributed by atoms with Crippen LogP contribution < -0.4 is 10.5 Å². The Labute approximate surface area is 93.0 Å². The number of aromatic nitrogens is 1. The molecule has 0 saturated carbocycles. The minimum absolute atomic E-state index is 0.457. The summed E-state index contributed by atoms with van der Waals surface area (Å²) in [4.78, 5) is 15.4. The molecule has 2 aromatic rings. The lowest BCUT2D eigenvalue weighted by molar-refractivity contribution is 0.100. The Bertz CT molecular complexity index is 538. The maximum absolute atomic E-state index is 11.2. The second kappa shape index (κ2) is 4.18. The Morgan fingerprint density at radius 1 is 1.44 bits per heavy atom. The summed E-state index contributed by atoms with van der Waals surface area (Å²) < 4.78 is 5.44. The summed E-state index contributed by atoms with van der Waals surface area (Å²) in [7, 11) is 0. The lowest BCUT2D eigenvalue weighted by atomic mass is 10.1. The third kappa shape index (κ3) is 1.69. The van der Waals surface area contributed by atoms with Crippen molar-refractivity contribution in [3.63, 3.8) is 0 Å². The van der Waals surface area contributed by atoms with Gasteiger partial charge in [0.25, 0.3) is 0 Å². The predicted molar refractivity (Wildman–Crippen MR) is 61.4 cm³/mol. The van der Waals surface area contributed by atoms with Gasteiger partial charge in [0.1, 0.15) is 11.3 Å². The fraction of sp³-hybridized carbons (Fsp3) is 0.167. The molecule has 0 aliphatic carbocycles. The largest absolute Gasteiger partial charge is 0.492 e. The smallest absolute Gasteiger partial charge is 0.249 e. The van der Waals surface area contributed by atoms with Crippen LogP contribution in [0.5, 0.6) is 5.75 Å². The van der Waals surface area contributed by atoms with Crippen molar-refractivity contribution in [2.45, 2.75) is 6.92 Å². The number of pyridine rings is 1. The van der Waals surface area contributed by atoms with Crippen LogP contribution in [0.2, 0.25) is 0 Å². The van der Waals surface area contributed by atoms with Crippen molar-refractivity contribution < 1.29 is 9.53 Å². The van der Waals surface area contributed by atoms with Crippen LogP contribution in [-0.4, -0.2) is 17.5 Å². The van der Waals surface area contributed by atoms with E-state index in [0.29, 0.717) is 23.4 Å². The Balaban J connectivity index is 2.71. The van der Waals surface area contributed by atoms with Crippen LogP contribution in [0.25, 0.3) is 10.9 Å². The molecular formula is C12H12N2O2. The van der Waals surface area contributed by atoms with E-state index in [1.807, 2.05) is 13.0 Å². The van der Waals surface area contributed by atoms with Gasteiger partial charge in [-0.25, -0.2) is 0 Å². The molecule has 1 amide bonds. The quantitative estimate of drug-likeness (QED) is 0.849. The van der Waals surface area contributed by atoms with Crippen molar-refractivity contribution in [1.82, 2.24) is 4.98 Å². The van der Waals surface area contributed by atoms with E-state index in [1.54, 1.807) is 24.4 Å². The Kier molecular flexibility index (Phi) is 2.72. The molecule has 16 heavy (non-hydrogen) atoms. The number of amides is 1. The van der Waals surface area contributed by atoms with E-state index in [0.717, 1.165) is 5.39 Å². The SMILES string of the molecule is CCOc1ccc(C(N)=O)c2cccnc12. The van der Waals surface area contributed by atoms with Gasteiger partial charge in [-0.1, -0.05) is 6.07 Å². The van der Waals surface area contributed by atoms with Crippen LogP contribution in [0.3, 0.4) is 0 Å². The zero-order valence-electron chi connectivity index (χ0n) is 8.93. The van der Waals surface area contributed by atoms with Gasteiger partial charge in [-0.05, 0) is 25.1 Å². The van der Waals surface area contributed by atoms with Crippen molar-refractivity contribution in [3.8, 4) is 5.75 Å². The highest BCUT2D eigenvalue weighted by Crippen LogP contribution is 2.26.